The molecule has 1 atom stereocenters. The van der Waals surface area contributed by atoms with E-state index in [1.165, 1.54) is 23.0 Å². The van der Waals surface area contributed by atoms with Crippen molar-refractivity contribution in [3.8, 4) is 6.07 Å². The molecule has 0 aliphatic heterocycles. The van der Waals surface area contributed by atoms with Crippen molar-refractivity contribution in [2.24, 2.45) is 11.3 Å². The Morgan fingerprint density at radius 1 is 1.56 bits per heavy atom. The van der Waals surface area contributed by atoms with E-state index in [0.29, 0.717) is 21.6 Å². The Kier molecular flexibility index (Phi) is 5.16. The Labute approximate surface area is 155 Å². The lowest BCUT2D eigenvalue weighted by Gasteiger charge is -2.33. The SMILES string of the molecule is CC(C)(C)[C@H]1CCc2c(sc(NC(=O)CSc3ncn[nH]3)c2C#N)C1. The second kappa shape index (κ2) is 7.18. The van der Waals surface area contributed by atoms with Crippen LogP contribution in [0.25, 0.3) is 0 Å². The minimum atomic E-state index is -0.135. The second-order valence-electron chi connectivity index (χ2n) is 7.25. The summed E-state index contributed by atoms with van der Waals surface area (Å²) < 4.78 is 0. The fourth-order valence-corrected chi connectivity index (χ4v) is 4.96. The van der Waals surface area contributed by atoms with Crippen molar-refractivity contribution in [1.29, 1.82) is 5.26 Å². The molecule has 2 aromatic rings. The maximum atomic E-state index is 12.2. The van der Waals surface area contributed by atoms with E-state index in [-0.39, 0.29) is 17.1 Å². The highest BCUT2D eigenvalue weighted by Gasteiger charge is 2.32. The van der Waals surface area contributed by atoms with E-state index in [9.17, 15) is 10.1 Å². The highest BCUT2D eigenvalue weighted by atomic mass is 32.2. The van der Waals surface area contributed by atoms with Gasteiger partial charge in [0.25, 0.3) is 0 Å². The molecule has 1 aliphatic rings. The Hall–Kier alpha value is -1.85. The lowest BCUT2D eigenvalue weighted by molar-refractivity contribution is -0.113. The summed E-state index contributed by atoms with van der Waals surface area (Å²) in [6.07, 6.45) is 4.41. The van der Waals surface area contributed by atoms with Crippen molar-refractivity contribution in [2.75, 3.05) is 11.1 Å². The highest BCUT2D eigenvalue weighted by molar-refractivity contribution is 7.99. The summed E-state index contributed by atoms with van der Waals surface area (Å²) in [5, 5.41) is 20.2. The Balaban J connectivity index is 1.71. The van der Waals surface area contributed by atoms with Gasteiger partial charge < -0.3 is 5.32 Å². The molecule has 132 valence electrons. The quantitative estimate of drug-likeness (QED) is 0.796. The minimum absolute atomic E-state index is 0.135. The Morgan fingerprint density at radius 2 is 2.36 bits per heavy atom. The fourth-order valence-electron chi connectivity index (χ4n) is 3.09. The molecule has 6 nitrogen and oxygen atoms in total. The number of amides is 1. The molecule has 3 rings (SSSR count). The number of nitriles is 1. The largest absolute Gasteiger partial charge is 0.316 e. The molecule has 2 heterocycles. The first-order valence-electron chi connectivity index (χ1n) is 8.21. The number of nitrogens with one attached hydrogen (secondary N) is 2. The number of rotatable bonds is 4. The fraction of sp³-hybridized carbons (Fsp3) is 0.529. The number of aromatic nitrogens is 3. The van der Waals surface area contributed by atoms with E-state index >= 15 is 0 Å². The summed E-state index contributed by atoms with van der Waals surface area (Å²) in [7, 11) is 0. The van der Waals surface area contributed by atoms with E-state index in [1.807, 2.05) is 0 Å². The smallest absolute Gasteiger partial charge is 0.235 e. The molecule has 25 heavy (non-hydrogen) atoms. The van der Waals surface area contributed by atoms with Gasteiger partial charge in [-0.05, 0) is 36.2 Å². The molecular formula is C17H21N5OS2. The first kappa shape index (κ1) is 18.0. The van der Waals surface area contributed by atoms with Gasteiger partial charge in [0.1, 0.15) is 17.4 Å². The van der Waals surface area contributed by atoms with Gasteiger partial charge in [-0.2, -0.15) is 10.4 Å². The number of carbonyl (C=O) groups is 1. The van der Waals surface area contributed by atoms with Gasteiger partial charge in [-0.15, -0.1) is 11.3 Å². The van der Waals surface area contributed by atoms with Gasteiger partial charge in [0.05, 0.1) is 11.3 Å². The summed E-state index contributed by atoms with van der Waals surface area (Å²) in [6.45, 7) is 6.81. The van der Waals surface area contributed by atoms with E-state index in [4.69, 9.17) is 0 Å². The maximum absolute atomic E-state index is 12.2. The number of nitrogens with zero attached hydrogens (tertiary/aromatic N) is 3. The standard InChI is InChI=1S/C17H21N5OS2/c1-17(2,3)10-4-5-11-12(7-18)15(25-13(11)6-10)21-14(23)8-24-16-19-9-20-22-16/h9-10H,4-6,8H2,1-3H3,(H,21,23)(H,19,20,22)/t10-/m0/s1. The molecule has 1 aliphatic carbocycles. The van der Waals surface area contributed by atoms with Crippen LogP contribution in [0.5, 0.6) is 0 Å². The first-order valence-corrected chi connectivity index (χ1v) is 10.0. The maximum Gasteiger partial charge on any atom is 0.235 e. The molecule has 2 N–H and O–H groups in total. The number of fused-ring (bicyclic) bond motifs is 1. The van der Waals surface area contributed by atoms with Crippen molar-refractivity contribution < 1.29 is 4.79 Å². The van der Waals surface area contributed by atoms with Crippen LogP contribution in [-0.2, 0) is 17.6 Å². The number of thioether (sulfide) groups is 1. The van der Waals surface area contributed by atoms with Crippen LogP contribution in [0.15, 0.2) is 11.5 Å². The van der Waals surface area contributed by atoms with Crippen LogP contribution in [0.4, 0.5) is 5.00 Å². The van der Waals surface area contributed by atoms with Gasteiger partial charge in [0.2, 0.25) is 5.91 Å². The summed E-state index contributed by atoms with van der Waals surface area (Å²) in [5.74, 6) is 0.701. The van der Waals surface area contributed by atoms with Crippen LogP contribution in [0, 0.1) is 22.7 Å². The van der Waals surface area contributed by atoms with E-state index in [0.717, 1.165) is 24.8 Å². The monoisotopic (exact) mass is 375 g/mol. The first-order chi connectivity index (χ1) is 11.9. The Morgan fingerprint density at radius 3 is 3.00 bits per heavy atom. The molecule has 0 unspecified atom stereocenters. The van der Waals surface area contributed by atoms with Crippen LogP contribution in [0.3, 0.4) is 0 Å². The summed E-state index contributed by atoms with van der Waals surface area (Å²) >= 11 is 2.85. The van der Waals surface area contributed by atoms with Crippen molar-refractivity contribution in [2.45, 2.75) is 45.2 Å². The zero-order valence-corrected chi connectivity index (χ0v) is 16.2. The van der Waals surface area contributed by atoms with Crippen LogP contribution in [-0.4, -0.2) is 26.8 Å². The summed E-state index contributed by atoms with van der Waals surface area (Å²) in [4.78, 5) is 17.4. The van der Waals surface area contributed by atoms with Crippen LogP contribution in [0.1, 0.15) is 43.2 Å². The molecule has 0 bridgehead atoms. The molecule has 0 aromatic carbocycles. The van der Waals surface area contributed by atoms with Crippen molar-refractivity contribution in [1.82, 2.24) is 15.2 Å². The predicted molar refractivity (Wildman–Crippen MR) is 99.7 cm³/mol. The normalized spacial score (nSPS) is 17.0. The molecule has 0 fully saturated rings. The van der Waals surface area contributed by atoms with Crippen LogP contribution >= 0.6 is 23.1 Å². The third-order valence-corrected chi connectivity index (χ3v) is 6.63. The predicted octanol–water partition coefficient (Wildman–Crippen LogP) is 3.62. The Bertz CT molecular complexity index is 798. The summed E-state index contributed by atoms with van der Waals surface area (Å²) in [6, 6.07) is 2.29. The number of hydrogen-bond donors (Lipinski definition) is 2. The van der Waals surface area contributed by atoms with Gasteiger partial charge in [-0.1, -0.05) is 32.5 Å². The van der Waals surface area contributed by atoms with Gasteiger partial charge >= 0.3 is 0 Å². The van der Waals surface area contributed by atoms with E-state index < -0.39 is 0 Å². The average molecular weight is 376 g/mol. The average Bonchev–Trinajstić information content (AvgIpc) is 3.18. The van der Waals surface area contributed by atoms with E-state index in [1.54, 1.807) is 11.3 Å². The molecule has 1 amide bonds. The molecule has 0 radical (unpaired) electrons. The second-order valence-corrected chi connectivity index (χ2v) is 9.32. The van der Waals surface area contributed by atoms with Gasteiger partial charge in [-0.3, -0.25) is 9.89 Å². The van der Waals surface area contributed by atoms with Crippen molar-refractivity contribution in [3.05, 3.63) is 22.3 Å². The van der Waals surface area contributed by atoms with Crippen LogP contribution in [0.2, 0.25) is 0 Å². The molecule has 0 spiro atoms. The lowest BCUT2D eigenvalue weighted by Crippen LogP contribution is -2.26. The number of anilines is 1. The lowest BCUT2D eigenvalue weighted by atomic mass is 9.72. The van der Waals surface area contributed by atoms with Gasteiger partial charge in [-0.25, -0.2) is 4.98 Å². The number of carbonyl (C=O) groups excluding carboxylic acids is 1. The number of hydrogen-bond acceptors (Lipinski definition) is 6. The molecule has 2 aromatic heterocycles. The summed E-state index contributed by atoms with van der Waals surface area (Å²) in [5.41, 5.74) is 2.03. The minimum Gasteiger partial charge on any atom is -0.316 e. The zero-order chi connectivity index (χ0) is 18.0. The van der Waals surface area contributed by atoms with Crippen molar-refractivity contribution >= 4 is 34.0 Å². The third kappa shape index (κ3) is 4.05. The van der Waals surface area contributed by atoms with E-state index in [2.05, 4.69) is 47.3 Å². The van der Waals surface area contributed by atoms with Crippen LogP contribution < -0.4 is 5.32 Å². The highest BCUT2D eigenvalue weighted by Crippen LogP contribution is 2.44. The van der Waals surface area contributed by atoms with Gasteiger partial charge in [0.15, 0.2) is 5.16 Å². The van der Waals surface area contributed by atoms with Gasteiger partial charge in [0, 0.05) is 4.88 Å². The topological polar surface area (TPSA) is 94.5 Å². The number of H-pyrrole nitrogens is 1. The third-order valence-electron chi connectivity index (χ3n) is 4.59. The molecule has 0 saturated heterocycles. The van der Waals surface area contributed by atoms with Crippen molar-refractivity contribution in [3.63, 3.8) is 0 Å². The molecule has 8 heteroatoms. The molecule has 0 saturated carbocycles. The number of thiophene rings is 1. The zero-order valence-electron chi connectivity index (χ0n) is 14.5. The number of aromatic amines is 1. The molecular weight excluding hydrogens is 354 g/mol.